The summed E-state index contributed by atoms with van der Waals surface area (Å²) in [5.74, 6) is 0.767. The van der Waals surface area contributed by atoms with Crippen LogP contribution in [-0.2, 0) is 6.18 Å². The summed E-state index contributed by atoms with van der Waals surface area (Å²) in [6.45, 7) is 3.92. The van der Waals surface area contributed by atoms with E-state index in [2.05, 4.69) is 38.3 Å². The molecule has 2 aliphatic rings. The number of anilines is 1. The minimum atomic E-state index is -4.65. The van der Waals surface area contributed by atoms with Gasteiger partial charge in [-0.25, -0.2) is 9.50 Å². The molecule has 1 saturated carbocycles. The van der Waals surface area contributed by atoms with Crippen LogP contribution in [-0.4, -0.2) is 50.2 Å². The van der Waals surface area contributed by atoms with Crippen LogP contribution in [0.3, 0.4) is 0 Å². The highest BCUT2D eigenvalue weighted by atomic mass is 19.4. The SMILES string of the molecule is CC1(CNC(=O)c2ncccc2C(F)(F)F)CC2CN(c3ccc(-c4cc(O)cn5ncc(C#N)c45)cn3)CC2C1. The molecule has 6 rings (SSSR count). The van der Waals surface area contributed by atoms with Crippen LogP contribution in [0.4, 0.5) is 19.0 Å². The maximum atomic E-state index is 13.3. The zero-order chi connectivity index (χ0) is 28.9. The van der Waals surface area contributed by atoms with E-state index in [1.54, 1.807) is 12.3 Å². The standard InChI is InChI=1S/C29H26F3N7O2/c1-28(16-36-27(41)25-23(29(30,31)32)3-2-6-34-25)8-18-13-38(14-19(18)9-28)24-5-4-17(11-35-24)22-7-21(40)15-39-26(22)20(10-33)12-37-39/h2-7,11-12,15,18-19,40H,8-9,13-14,16H2,1H3,(H,36,41). The fourth-order valence-corrected chi connectivity index (χ4v) is 6.42. The maximum absolute atomic E-state index is 13.3. The van der Waals surface area contributed by atoms with Gasteiger partial charge in [-0.05, 0) is 60.4 Å². The van der Waals surface area contributed by atoms with E-state index < -0.39 is 23.3 Å². The normalized spacial score (nSPS) is 22.1. The molecule has 2 atom stereocenters. The lowest BCUT2D eigenvalue weighted by Crippen LogP contribution is -2.37. The molecule has 1 saturated heterocycles. The number of rotatable bonds is 5. The number of hydrogen-bond acceptors (Lipinski definition) is 7. The average molecular weight is 562 g/mol. The Morgan fingerprint density at radius 2 is 1.95 bits per heavy atom. The topological polar surface area (TPSA) is 119 Å². The Bertz CT molecular complexity index is 1660. The largest absolute Gasteiger partial charge is 0.506 e. The number of carbonyl (C=O) groups excluding carboxylic acids is 1. The van der Waals surface area contributed by atoms with Crippen molar-refractivity contribution >= 4 is 17.2 Å². The predicted molar refractivity (Wildman–Crippen MR) is 143 cm³/mol. The second-order valence-corrected chi connectivity index (χ2v) is 11.2. The molecule has 12 heteroatoms. The van der Waals surface area contributed by atoms with E-state index >= 15 is 0 Å². The van der Waals surface area contributed by atoms with Crippen molar-refractivity contribution in [2.45, 2.75) is 25.9 Å². The van der Waals surface area contributed by atoms with Gasteiger partial charge in [0.25, 0.3) is 5.91 Å². The van der Waals surface area contributed by atoms with E-state index in [1.807, 2.05) is 12.1 Å². The van der Waals surface area contributed by atoms with Crippen LogP contribution in [0.5, 0.6) is 5.75 Å². The molecule has 9 nitrogen and oxygen atoms in total. The van der Waals surface area contributed by atoms with Gasteiger partial charge in [0.15, 0.2) is 0 Å². The van der Waals surface area contributed by atoms with Gasteiger partial charge in [-0.3, -0.25) is 9.78 Å². The molecule has 4 aromatic heterocycles. The Kier molecular flexibility index (Phi) is 6.32. The minimum Gasteiger partial charge on any atom is -0.506 e. The fourth-order valence-electron chi connectivity index (χ4n) is 6.42. The third-order valence-corrected chi connectivity index (χ3v) is 8.19. The van der Waals surface area contributed by atoms with Crippen LogP contribution < -0.4 is 10.2 Å². The van der Waals surface area contributed by atoms with Gasteiger partial charge in [0.1, 0.15) is 23.3 Å². The quantitative estimate of drug-likeness (QED) is 0.363. The number of hydrogen-bond donors (Lipinski definition) is 2. The highest BCUT2D eigenvalue weighted by Crippen LogP contribution is 2.49. The number of carbonyl (C=O) groups is 1. The van der Waals surface area contributed by atoms with Gasteiger partial charge in [0, 0.05) is 43.2 Å². The monoisotopic (exact) mass is 561 g/mol. The van der Waals surface area contributed by atoms with Crippen LogP contribution in [0.2, 0.25) is 0 Å². The molecule has 0 radical (unpaired) electrons. The number of nitrogens with one attached hydrogen (secondary N) is 1. The number of nitrogens with zero attached hydrogens (tertiary/aromatic N) is 6. The first-order valence-electron chi connectivity index (χ1n) is 13.2. The van der Waals surface area contributed by atoms with Crippen molar-refractivity contribution in [1.29, 1.82) is 5.26 Å². The van der Waals surface area contributed by atoms with Gasteiger partial charge in [-0.1, -0.05) is 6.92 Å². The van der Waals surface area contributed by atoms with Gasteiger partial charge in [0.2, 0.25) is 0 Å². The smallest absolute Gasteiger partial charge is 0.418 e. The molecule has 0 aromatic carbocycles. The summed E-state index contributed by atoms with van der Waals surface area (Å²) in [4.78, 5) is 23.2. The average Bonchev–Trinajstić information content (AvgIpc) is 3.62. The second-order valence-electron chi connectivity index (χ2n) is 11.2. The number of aromatic nitrogens is 4. The molecule has 2 unspecified atom stereocenters. The van der Waals surface area contributed by atoms with Crippen molar-refractivity contribution in [2.24, 2.45) is 17.3 Å². The number of aromatic hydroxyl groups is 1. The molecule has 41 heavy (non-hydrogen) atoms. The molecule has 5 heterocycles. The molecule has 1 amide bonds. The van der Waals surface area contributed by atoms with Crippen molar-refractivity contribution in [3.05, 3.63) is 71.9 Å². The molecule has 1 aliphatic carbocycles. The fraction of sp³-hybridized carbons (Fsp3) is 0.345. The van der Waals surface area contributed by atoms with Gasteiger partial charge in [0.05, 0.1) is 29.0 Å². The van der Waals surface area contributed by atoms with E-state index in [4.69, 9.17) is 0 Å². The Labute approximate surface area is 233 Å². The van der Waals surface area contributed by atoms with Crippen LogP contribution in [0.1, 0.15) is 41.4 Å². The number of amides is 1. The summed E-state index contributed by atoms with van der Waals surface area (Å²) >= 11 is 0. The van der Waals surface area contributed by atoms with Gasteiger partial charge in [-0.15, -0.1) is 0 Å². The number of nitriles is 1. The molecule has 1 aliphatic heterocycles. The molecule has 0 spiro atoms. The Morgan fingerprint density at radius 1 is 1.20 bits per heavy atom. The molecule has 2 N–H and O–H groups in total. The first-order chi connectivity index (χ1) is 19.5. The summed E-state index contributed by atoms with van der Waals surface area (Å²) in [6.07, 6.45) is 2.83. The van der Waals surface area contributed by atoms with Crippen molar-refractivity contribution in [3.8, 4) is 22.9 Å². The Balaban J connectivity index is 1.11. The highest BCUT2D eigenvalue weighted by molar-refractivity contribution is 5.93. The lowest BCUT2D eigenvalue weighted by Gasteiger charge is -2.28. The molecule has 0 bridgehead atoms. The first-order valence-corrected chi connectivity index (χ1v) is 13.2. The lowest BCUT2D eigenvalue weighted by atomic mass is 9.86. The van der Waals surface area contributed by atoms with E-state index in [0.717, 1.165) is 43.4 Å². The molecule has 210 valence electrons. The van der Waals surface area contributed by atoms with Gasteiger partial charge < -0.3 is 15.3 Å². The molecule has 4 aromatic rings. The first kappa shape index (κ1) is 26.6. The number of fused-ring (bicyclic) bond motifs is 2. The van der Waals surface area contributed by atoms with Crippen molar-refractivity contribution < 1.29 is 23.1 Å². The zero-order valence-corrected chi connectivity index (χ0v) is 22.1. The van der Waals surface area contributed by atoms with Crippen LogP contribution in [0.25, 0.3) is 16.6 Å². The van der Waals surface area contributed by atoms with Crippen LogP contribution in [0, 0.1) is 28.6 Å². The predicted octanol–water partition coefficient (Wildman–Crippen LogP) is 4.67. The second kappa shape index (κ2) is 9.76. The Morgan fingerprint density at radius 3 is 2.61 bits per heavy atom. The molecule has 2 fully saturated rings. The summed E-state index contributed by atoms with van der Waals surface area (Å²) in [5.41, 5.74) is 0.524. The third kappa shape index (κ3) is 4.92. The molecular formula is C29H26F3N7O2. The highest BCUT2D eigenvalue weighted by Gasteiger charge is 2.47. The molecular weight excluding hydrogens is 535 g/mol. The zero-order valence-electron chi connectivity index (χ0n) is 22.1. The van der Waals surface area contributed by atoms with Crippen LogP contribution >= 0.6 is 0 Å². The van der Waals surface area contributed by atoms with Gasteiger partial charge in [-0.2, -0.15) is 23.5 Å². The van der Waals surface area contributed by atoms with Crippen molar-refractivity contribution in [1.82, 2.24) is 24.9 Å². The van der Waals surface area contributed by atoms with E-state index in [0.29, 0.717) is 28.5 Å². The summed E-state index contributed by atoms with van der Waals surface area (Å²) in [5, 5.41) is 26.5. The number of halogens is 3. The van der Waals surface area contributed by atoms with E-state index in [-0.39, 0.29) is 17.7 Å². The van der Waals surface area contributed by atoms with E-state index in [1.165, 1.54) is 29.2 Å². The van der Waals surface area contributed by atoms with Crippen molar-refractivity contribution in [2.75, 3.05) is 24.5 Å². The van der Waals surface area contributed by atoms with E-state index in [9.17, 15) is 28.3 Å². The number of pyridine rings is 3. The maximum Gasteiger partial charge on any atom is 0.418 e. The summed E-state index contributed by atoms with van der Waals surface area (Å²) in [6, 6.07) is 9.59. The third-order valence-electron chi connectivity index (χ3n) is 8.19. The minimum absolute atomic E-state index is 0.0246. The summed E-state index contributed by atoms with van der Waals surface area (Å²) < 4.78 is 41.4. The number of alkyl halides is 3. The van der Waals surface area contributed by atoms with Gasteiger partial charge >= 0.3 is 6.18 Å². The Hall–Kier alpha value is -4.66. The lowest BCUT2D eigenvalue weighted by molar-refractivity contribution is -0.138. The summed E-state index contributed by atoms with van der Waals surface area (Å²) in [7, 11) is 0. The van der Waals surface area contributed by atoms with Crippen molar-refractivity contribution in [3.63, 3.8) is 0 Å². The van der Waals surface area contributed by atoms with Crippen LogP contribution in [0.15, 0.2) is 55.1 Å².